The molecule has 0 aromatic heterocycles. The average molecular weight is 278 g/mol. The molecule has 20 heavy (non-hydrogen) atoms. The van der Waals surface area contributed by atoms with Crippen molar-refractivity contribution in [3.05, 3.63) is 34.9 Å². The lowest BCUT2D eigenvalue weighted by atomic mass is 10.0. The summed E-state index contributed by atoms with van der Waals surface area (Å²) in [6, 6.07) is 0. The largest absolute Gasteiger partial charge is 0.393 e. The highest BCUT2D eigenvalue weighted by atomic mass is 16.3. The van der Waals surface area contributed by atoms with Gasteiger partial charge < -0.3 is 5.11 Å². The molecule has 1 nitrogen and oxygen atoms in total. The molecule has 0 rings (SSSR count). The van der Waals surface area contributed by atoms with Crippen molar-refractivity contribution in [2.45, 2.75) is 85.7 Å². The van der Waals surface area contributed by atoms with Crippen LogP contribution >= 0.6 is 0 Å². The topological polar surface area (TPSA) is 20.2 Å². The van der Waals surface area contributed by atoms with E-state index >= 15 is 0 Å². The summed E-state index contributed by atoms with van der Waals surface area (Å²) in [6.45, 7) is 10.8. The molecule has 0 heterocycles. The van der Waals surface area contributed by atoms with Gasteiger partial charge in [0.05, 0.1) is 6.10 Å². The van der Waals surface area contributed by atoms with Gasteiger partial charge in [0.15, 0.2) is 0 Å². The Bertz CT molecular complexity index is 330. The van der Waals surface area contributed by atoms with Crippen molar-refractivity contribution in [3.63, 3.8) is 0 Å². The molecular weight excluding hydrogens is 244 g/mol. The fourth-order valence-corrected chi connectivity index (χ4v) is 2.07. The van der Waals surface area contributed by atoms with Crippen molar-refractivity contribution in [1.82, 2.24) is 0 Å². The standard InChI is InChI=1S/C19H34O/c1-6-19(20)15-9-14-18(5)13-8-12-17(4)11-7-10-16(2)3/h10,12,14,19-20H,6-9,11,13,15H2,1-5H3/b17-12+,18-14+. The molecule has 0 aromatic carbocycles. The molecule has 0 fully saturated rings. The molecule has 1 atom stereocenters. The summed E-state index contributed by atoms with van der Waals surface area (Å²) < 4.78 is 0. The molecule has 1 heteroatoms. The monoisotopic (exact) mass is 278 g/mol. The summed E-state index contributed by atoms with van der Waals surface area (Å²) in [4.78, 5) is 0. The van der Waals surface area contributed by atoms with Crippen LogP contribution in [0.3, 0.4) is 0 Å². The SMILES string of the molecule is CCC(O)CC/C=C(\C)CC/C=C(\C)CCC=C(C)C. The summed E-state index contributed by atoms with van der Waals surface area (Å²) >= 11 is 0. The summed E-state index contributed by atoms with van der Waals surface area (Å²) in [5.41, 5.74) is 4.35. The Morgan fingerprint density at radius 2 is 1.35 bits per heavy atom. The minimum atomic E-state index is -0.128. The molecular formula is C19H34O. The lowest BCUT2D eigenvalue weighted by Crippen LogP contribution is -2.02. The molecule has 0 amide bonds. The summed E-state index contributed by atoms with van der Waals surface area (Å²) in [6.07, 6.45) is 14.2. The van der Waals surface area contributed by atoms with Crippen LogP contribution in [0.2, 0.25) is 0 Å². The third-order valence-electron chi connectivity index (χ3n) is 3.59. The van der Waals surface area contributed by atoms with E-state index in [0.717, 1.165) is 38.5 Å². The van der Waals surface area contributed by atoms with E-state index in [1.54, 1.807) is 0 Å². The maximum Gasteiger partial charge on any atom is 0.0540 e. The Morgan fingerprint density at radius 3 is 1.85 bits per heavy atom. The van der Waals surface area contributed by atoms with E-state index in [9.17, 15) is 5.11 Å². The predicted octanol–water partition coefficient (Wildman–Crippen LogP) is 5.96. The first-order chi connectivity index (χ1) is 9.45. The van der Waals surface area contributed by atoms with E-state index in [2.05, 4.69) is 45.9 Å². The molecule has 0 radical (unpaired) electrons. The van der Waals surface area contributed by atoms with Crippen LogP contribution in [-0.2, 0) is 0 Å². The van der Waals surface area contributed by atoms with Crippen LogP contribution in [0.25, 0.3) is 0 Å². The molecule has 0 aliphatic heterocycles. The zero-order chi connectivity index (χ0) is 15.4. The number of rotatable bonds is 10. The van der Waals surface area contributed by atoms with Gasteiger partial charge in [-0.05, 0) is 72.6 Å². The lowest BCUT2D eigenvalue weighted by molar-refractivity contribution is 0.161. The lowest BCUT2D eigenvalue weighted by Gasteiger charge is -2.05. The van der Waals surface area contributed by atoms with Gasteiger partial charge in [0.1, 0.15) is 0 Å². The quantitative estimate of drug-likeness (QED) is 0.489. The number of aliphatic hydroxyl groups excluding tert-OH is 1. The van der Waals surface area contributed by atoms with Gasteiger partial charge in [-0.1, -0.05) is 41.9 Å². The van der Waals surface area contributed by atoms with Gasteiger partial charge in [-0.15, -0.1) is 0 Å². The highest BCUT2D eigenvalue weighted by molar-refractivity contribution is 5.05. The molecule has 0 aliphatic rings. The van der Waals surface area contributed by atoms with Gasteiger partial charge in [0.2, 0.25) is 0 Å². The minimum absolute atomic E-state index is 0.128. The van der Waals surface area contributed by atoms with Crippen molar-refractivity contribution < 1.29 is 5.11 Å². The first kappa shape index (κ1) is 19.2. The summed E-state index contributed by atoms with van der Waals surface area (Å²) in [5.74, 6) is 0. The Morgan fingerprint density at radius 1 is 0.850 bits per heavy atom. The third-order valence-corrected chi connectivity index (χ3v) is 3.59. The number of allylic oxidation sites excluding steroid dienone is 6. The number of hydrogen-bond acceptors (Lipinski definition) is 1. The van der Waals surface area contributed by atoms with Gasteiger partial charge in [-0.2, -0.15) is 0 Å². The molecule has 0 saturated carbocycles. The first-order valence-electron chi connectivity index (χ1n) is 8.08. The second-order valence-corrected chi connectivity index (χ2v) is 6.10. The van der Waals surface area contributed by atoms with Crippen LogP contribution in [0.15, 0.2) is 34.9 Å². The van der Waals surface area contributed by atoms with Crippen molar-refractivity contribution in [2.75, 3.05) is 0 Å². The zero-order valence-corrected chi connectivity index (χ0v) is 14.2. The Hall–Kier alpha value is -0.820. The fourth-order valence-electron chi connectivity index (χ4n) is 2.07. The number of hydrogen-bond donors (Lipinski definition) is 1. The molecule has 1 unspecified atom stereocenters. The Balaban J connectivity index is 3.85. The second-order valence-electron chi connectivity index (χ2n) is 6.10. The molecule has 0 bridgehead atoms. The highest BCUT2D eigenvalue weighted by Gasteiger charge is 1.98. The van der Waals surface area contributed by atoms with Crippen LogP contribution in [0.1, 0.15) is 79.6 Å². The van der Waals surface area contributed by atoms with Crippen molar-refractivity contribution >= 4 is 0 Å². The van der Waals surface area contributed by atoms with Gasteiger partial charge in [-0.25, -0.2) is 0 Å². The minimum Gasteiger partial charge on any atom is -0.393 e. The summed E-state index contributed by atoms with van der Waals surface area (Å²) in [5, 5.41) is 9.50. The molecule has 1 N–H and O–H groups in total. The number of aliphatic hydroxyl groups is 1. The van der Waals surface area contributed by atoms with E-state index in [1.807, 2.05) is 6.92 Å². The summed E-state index contributed by atoms with van der Waals surface area (Å²) in [7, 11) is 0. The smallest absolute Gasteiger partial charge is 0.0540 e. The molecule has 116 valence electrons. The van der Waals surface area contributed by atoms with Crippen LogP contribution in [0.5, 0.6) is 0 Å². The van der Waals surface area contributed by atoms with E-state index in [0.29, 0.717) is 0 Å². The zero-order valence-electron chi connectivity index (χ0n) is 14.2. The molecule has 0 saturated heterocycles. The van der Waals surface area contributed by atoms with Gasteiger partial charge in [-0.3, -0.25) is 0 Å². The van der Waals surface area contributed by atoms with Crippen molar-refractivity contribution in [1.29, 1.82) is 0 Å². The third kappa shape index (κ3) is 12.2. The van der Waals surface area contributed by atoms with Crippen LogP contribution in [0, 0.1) is 0 Å². The van der Waals surface area contributed by atoms with Gasteiger partial charge >= 0.3 is 0 Å². The molecule has 0 aliphatic carbocycles. The predicted molar refractivity (Wildman–Crippen MR) is 90.9 cm³/mol. The van der Waals surface area contributed by atoms with Crippen LogP contribution in [0.4, 0.5) is 0 Å². The molecule has 0 spiro atoms. The maximum atomic E-state index is 9.50. The van der Waals surface area contributed by atoms with Gasteiger partial charge in [0.25, 0.3) is 0 Å². The Kier molecular flexibility index (Phi) is 11.5. The normalized spacial score (nSPS) is 14.3. The van der Waals surface area contributed by atoms with Crippen LogP contribution in [-0.4, -0.2) is 11.2 Å². The van der Waals surface area contributed by atoms with Crippen molar-refractivity contribution in [3.8, 4) is 0 Å². The maximum absolute atomic E-state index is 9.50. The van der Waals surface area contributed by atoms with Crippen molar-refractivity contribution in [2.24, 2.45) is 0 Å². The molecule has 0 aromatic rings. The first-order valence-corrected chi connectivity index (χ1v) is 8.08. The fraction of sp³-hybridized carbons (Fsp3) is 0.684. The highest BCUT2D eigenvalue weighted by Crippen LogP contribution is 2.12. The van der Waals surface area contributed by atoms with E-state index < -0.39 is 0 Å². The van der Waals surface area contributed by atoms with E-state index in [-0.39, 0.29) is 6.10 Å². The Labute approximate surface area is 126 Å². The van der Waals surface area contributed by atoms with E-state index in [4.69, 9.17) is 0 Å². The van der Waals surface area contributed by atoms with Gasteiger partial charge in [0, 0.05) is 0 Å². The van der Waals surface area contributed by atoms with E-state index in [1.165, 1.54) is 23.1 Å². The average Bonchev–Trinajstić information content (AvgIpc) is 2.38. The van der Waals surface area contributed by atoms with Crippen LogP contribution < -0.4 is 0 Å². The second kappa shape index (κ2) is 12.0.